The summed E-state index contributed by atoms with van der Waals surface area (Å²) in [4.78, 5) is 31.5. The number of methoxy groups -OCH3 is 3. The smallest absolute Gasteiger partial charge is 0.228 e. The summed E-state index contributed by atoms with van der Waals surface area (Å²) in [7, 11) is 4.86. The van der Waals surface area contributed by atoms with Crippen molar-refractivity contribution in [2.24, 2.45) is 5.92 Å². The van der Waals surface area contributed by atoms with Gasteiger partial charge in [-0.3, -0.25) is 9.59 Å². The Bertz CT molecular complexity index is 1230. The van der Waals surface area contributed by atoms with Crippen LogP contribution >= 0.6 is 11.3 Å². The number of thiophene rings is 1. The molecular weight excluding hydrogens is 464 g/mol. The van der Waals surface area contributed by atoms with Crippen molar-refractivity contribution in [2.45, 2.75) is 18.9 Å². The van der Waals surface area contributed by atoms with Crippen LogP contribution in [0.4, 0.5) is 5.69 Å². The van der Waals surface area contributed by atoms with Crippen LogP contribution in [0.2, 0.25) is 0 Å². The molecule has 1 saturated heterocycles. The number of carbonyl (C=O) groups excluding carboxylic acids is 2. The molecule has 2 aliphatic rings. The Labute approximate surface area is 208 Å². The molecule has 0 bridgehead atoms. The predicted molar refractivity (Wildman–Crippen MR) is 135 cm³/mol. The first-order chi connectivity index (χ1) is 17.0. The first-order valence-corrected chi connectivity index (χ1v) is 12.4. The third-order valence-corrected chi connectivity index (χ3v) is 7.75. The monoisotopic (exact) mass is 492 g/mol. The maximum Gasteiger partial charge on any atom is 0.228 e. The van der Waals surface area contributed by atoms with Gasteiger partial charge in [-0.25, -0.2) is 0 Å². The fraction of sp³-hybridized carbons (Fsp3) is 0.333. The van der Waals surface area contributed by atoms with Gasteiger partial charge in [0.2, 0.25) is 11.8 Å². The fourth-order valence-electron chi connectivity index (χ4n) is 5.06. The molecule has 0 aliphatic carbocycles. The van der Waals surface area contributed by atoms with Crippen molar-refractivity contribution in [3.05, 3.63) is 69.9 Å². The molecular formula is C27H28N2O5S. The summed E-state index contributed by atoms with van der Waals surface area (Å²) in [6, 6.07) is 15.2. The highest BCUT2D eigenvalue weighted by atomic mass is 32.1. The summed E-state index contributed by atoms with van der Waals surface area (Å²) >= 11 is 1.63. The minimum absolute atomic E-state index is 0.00759. The SMILES string of the molecule is COc1ccc(N2CC(C(=O)N3CCc4cc(OC)c(OC)cc4C3c3cccs3)CC2=O)cc1. The fourth-order valence-corrected chi connectivity index (χ4v) is 5.91. The lowest BCUT2D eigenvalue weighted by atomic mass is 9.89. The molecule has 8 heteroatoms. The highest BCUT2D eigenvalue weighted by molar-refractivity contribution is 7.10. The molecule has 0 spiro atoms. The highest BCUT2D eigenvalue weighted by Gasteiger charge is 2.41. The first-order valence-electron chi connectivity index (χ1n) is 11.6. The lowest BCUT2D eigenvalue weighted by Gasteiger charge is -2.38. The maximum atomic E-state index is 13.9. The Morgan fingerprint density at radius 3 is 2.40 bits per heavy atom. The van der Waals surface area contributed by atoms with Gasteiger partial charge in [0.25, 0.3) is 0 Å². The van der Waals surface area contributed by atoms with E-state index in [0.717, 1.165) is 27.4 Å². The molecule has 35 heavy (non-hydrogen) atoms. The topological polar surface area (TPSA) is 68.3 Å². The number of fused-ring (bicyclic) bond motifs is 1. The molecule has 2 amide bonds. The molecule has 2 atom stereocenters. The van der Waals surface area contributed by atoms with Gasteiger partial charge in [-0.2, -0.15) is 0 Å². The van der Waals surface area contributed by atoms with Crippen molar-refractivity contribution in [3.8, 4) is 17.2 Å². The number of ether oxygens (including phenoxy) is 3. The molecule has 5 rings (SSSR count). The summed E-state index contributed by atoms with van der Waals surface area (Å²) in [5.41, 5.74) is 2.97. The highest BCUT2D eigenvalue weighted by Crippen LogP contribution is 2.43. The molecule has 0 radical (unpaired) electrons. The summed E-state index contributed by atoms with van der Waals surface area (Å²) in [5.74, 6) is 1.63. The van der Waals surface area contributed by atoms with Crippen LogP contribution in [0, 0.1) is 5.92 Å². The molecule has 2 unspecified atom stereocenters. The number of benzene rings is 2. The van der Waals surface area contributed by atoms with E-state index in [2.05, 4.69) is 6.07 Å². The zero-order valence-electron chi connectivity index (χ0n) is 20.0. The van der Waals surface area contributed by atoms with E-state index in [4.69, 9.17) is 14.2 Å². The van der Waals surface area contributed by atoms with E-state index in [9.17, 15) is 9.59 Å². The Balaban J connectivity index is 1.45. The van der Waals surface area contributed by atoms with E-state index in [1.807, 2.05) is 52.7 Å². The summed E-state index contributed by atoms with van der Waals surface area (Å²) < 4.78 is 16.3. The third kappa shape index (κ3) is 4.23. The maximum absolute atomic E-state index is 13.9. The van der Waals surface area contributed by atoms with Crippen molar-refractivity contribution < 1.29 is 23.8 Å². The lowest BCUT2D eigenvalue weighted by molar-refractivity contribution is -0.137. The largest absolute Gasteiger partial charge is 0.497 e. The Morgan fingerprint density at radius 1 is 1.00 bits per heavy atom. The third-order valence-electron chi connectivity index (χ3n) is 6.83. The second kappa shape index (κ2) is 9.62. The molecule has 2 aliphatic heterocycles. The van der Waals surface area contributed by atoms with Crippen LogP contribution in [0.3, 0.4) is 0 Å². The Hall–Kier alpha value is -3.52. The van der Waals surface area contributed by atoms with Gasteiger partial charge in [-0.1, -0.05) is 6.07 Å². The first kappa shape index (κ1) is 23.2. The average Bonchev–Trinajstić information content (AvgIpc) is 3.57. The van der Waals surface area contributed by atoms with Crippen LogP contribution in [-0.2, 0) is 16.0 Å². The molecule has 0 saturated carbocycles. The molecule has 7 nitrogen and oxygen atoms in total. The van der Waals surface area contributed by atoms with Crippen LogP contribution in [0.25, 0.3) is 0 Å². The quantitative estimate of drug-likeness (QED) is 0.513. The van der Waals surface area contributed by atoms with Gasteiger partial charge in [-0.05, 0) is 65.4 Å². The molecule has 1 fully saturated rings. The van der Waals surface area contributed by atoms with Crippen molar-refractivity contribution in [1.82, 2.24) is 4.90 Å². The number of rotatable bonds is 6. The van der Waals surface area contributed by atoms with Gasteiger partial charge in [0.15, 0.2) is 11.5 Å². The summed E-state index contributed by atoms with van der Waals surface area (Å²) in [6.45, 7) is 0.952. The van der Waals surface area contributed by atoms with E-state index >= 15 is 0 Å². The second-order valence-electron chi connectivity index (χ2n) is 8.71. The van der Waals surface area contributed by atoms with Crippen molar-refractivity contribution in [2.75, 3.05) is 39.3 Å². The molecule has 2 aromatic carbocycles. The zero-order chi connectivity index (χ0) is 24.5. The number of hydrogen-bond donors (Lipinski definition) is 0. The van der Waals surface area contributed by atoms with E-state index in [0.29, 0.717) is 31.0 Å². The van der Waals surface area contributed by atoms with Crippen LogP contribution < -0.4 is 19.1 Å². The second-order valence-corrected chi connectivity index (χ2v) is 9.69. The molecule has 0 N–H and O–H groups in total. The number of amides is 2. The van der Waals surface area contributed by atoms with Crippen molar-refractivity contribution in [3.63, 3.8) is 0 Å². The van der Waals surface area contributed by atoms with Crippen molar-refractivity contribution in [1.29, 1.82) is 0 Å². The van der Waals surface area contributed by atoms with E-state index in [1.165, 1.54) is 0 Å². The average molecular weight is 493 g/mol. The predicted octanol–water partition coefficient (Wildman–Crippen LogP) is 4.30. The molecule has 1 aromatic heterocycles. The number of nitrogens with zero attached hydrogens (tertiary/aromatic N) is 2. The Morgan fingerprint density at radius 2 is 1.74 bits per heavy atom. The van der Waals surface area contributed by atoms with Gasteiger partial charge in [0.1, 0.15) is 5.75 Å². The lowest BCUT2D eigenvalue weighted by Crippen LogP contribution is -2.44. The van der Waals surface area contributed by atoms with Gasteiger partial charge in [0, 0.05) is 30.1 Å². The van der Waals surface area contributed by atoms with Crippen molar-refractivity contribution >= 4 is 28.8 Å². The van der Waals surface area contributed by atoms with Gasteiger partial charge < -0.3 is 24.0 Å². The van der Waals surface area contributed by atoms with E-state index in [-0.39, 0.29) is 24.3 Å². The molecule has 3 heterocycles. The van der Waals surface area contributed by atoms with Crippen LogP contribution in [0.1, 0.15) is 28.5 Å². The van der Waals surface area contributed by atoms with Crippen LogP contribution in [0.5, 0.6) is 17.2 Å². The number of carbonyl (C=O) groups is 2. The van der Waals surface area contributed by atoms with E-state index < -0.39 is 5.92 Å². The standard InChI is InChI=1S/C27H28N2O5S/c1-32-20-8-6-19(7-9-20)29-16-18(14-25(29)30)27(31)28-11-10-17-13-22(33-2)23(34-3)15-21(17)26(28)24-5-4-12-35-24/h4-9,12-13,15,18,26H,10-11,14,16H2,1-3H3. The summed E-state index contributed by atoms with van der Waals surface area (Å²) in [6.07, 6.45) is 0.920. The zero-order valence-corrected chi connectivity index (χ0v) is 20.8. The summed E-state index contributed by atoms with van der Waals surface area (Å²) in [5, 5.41) is 2.03. The van der Waals surface area contributed by atoms with Gasteiger partial charge in [-0.15, -0.1) is 11.3 Å². The normalized spacial score (nSPS) is 19.5. The van der Waals surface area contributed by atoms with Crippen LogP contribution in [-0.4, -0.2) is 51.1 Å². The number of anilines is 1. The van der Waals surface area contributed by atoms with E-state index in [1.54, 1.807) is 37.6 Å². The van der Waals surface area contributed by atoms with Gasteiger partial charge in [0.05, 0.1) is 33.3 Å². The molecule has 3 aromatic rings. The molecule has 182 valence electrons. The van der Waals surface area contributed by atoms with Gasteiger partial charge >= 0.3 is 0 Å². The minimum atomic E-state index is -0.395. The number of hydrogen-bond acceptors (Lipinski definition) is 6. The Kier molecular flexibility index (Phi) is 6.38. The van der Waals surface area contributed by atoms with Crippen LogP contribution in [0.15, 0.2) is 53.9 Å². The minimum Gasteiger partial charge on any atom is -0.497 e.